The Kier molecular flexibility index (Phi) is 3.92. The minimum Gasteiger partial charge on any atom is -0.379 e. The van der Waals surface area contributed by atoms with Crippen LogP contribution in [0.2, 0.25) is 0 Å². The molecule has 3 rings (SSSR count). The molecule has 2 atom stereocenters. The Morgan fingerprint density at radius 1 is 1.35 bits per heavy atom. The number of pyridine rings is 1. The SMILES string of the molecule is CC1(CN2CCN(c3ccccn3)CC2)COCC1N. The van der Waals surface area contributed by atoms with E-state index in [1.54, 1.807) is 0 Å². The van der Waals surface area contributed by atoms with E-state index in [-0.39, 0.29) is 11.5 Å². The van der Waals surface area contributed by atoms with E-state index >= 15 is 0 Å². The average molecular weight is 276 g/mol. The van der Waals surface area contributed by atoms with Crippen LogP contribution in [0.25, 0.3) is 0 Å². The van der Waals surface area contributed by atoms with Gasteiger partial charge < -0.3 is 15.4 Å². The Morgan fingerprint density at radius 3 is 2.75 bits per heavy atom. The molecule has 0 aliphatic carbocycles. The Labute approximate surface area is 120 Å². The summed E-state index contributed by atoms with van der Waals surface area (Å²) >= 11 is 0. The Bertz CT molecular complexity index is 433. The van der Waals surface area contributed by atoms with E-state index in [1.165, 1.54) is 0 Å². The molecule has 2 fully saturated rings. The lowest BCUT2D eigenvalue weighted by Gasteiger charge is -2.40. The van der Waals surface area contributed by atoms with Gasteiger partial charge in [-0.05, 0) is 12.1 Å². The Hall–Kier alpha value is -1.17. The van der Waals surface area contributed by atoms with E-state index in [0.717, 1.165) is 45.1 Å². The maximum atomic E-state index is 6.18. The lowest BCUT2D eigenvalue weighted by atomic mass is 9.85. The molecule has 20 heavy (non-hydrogen) atoms. The molecule has 2 aliphatic heterocycles. The van der Waals surface area contributed by atoms with Crippen LogP contribution in [0.5, 0.6) is 0 Å². The molecule has 1 aromatic heterocycles. The van der Waals surface area contributed by atoms with E-state index in [1.807, 2.05) is 18.3 Å². The second kappa shape index (κ2) is 5.68. The molecule has 2 N–H and O–H groups in total. The molecule has 2 aliphatic rings. The molecular weight excluding hydrogens is 252 g/mol. The van der Waals surface area contributed by atoms with Gasteiger partial charge in [0.25, 0.3) is 0 Å². The van der Waals surface area contributed by atoms with Gasteiger partial charge in [0.15, 0.2) is 0 Å². The van der Waals surface area contributed by atoms with Crippen LogP contribution in [0.15, 0.2) is 24.4 Å². The predicted molar refractivity (Wildman–Crippen MR) is 79.8 cm³/mol. The first-order chi connectivity index (χ1) is 9.67. The van der Waals surface area contributed by atoms with Crippen LogP contribution < -0.4 is 10.6 Å². The van der Waals surface area contributed by atoms with Crippen molar-refractivity contribution >= 4 is 5.82 Å². The topological polar surface area (TPSA) is 54.6 Å². The van der Waals surface area contributed by atoms with E-state index in [0.29, 0.717) is 6.61 Å². The Balaban J connectivity index is 1.54. The number of hydrogen-bond donors (Lipinski definition) is 1. The zero-order chi connectivity index (χ0) is 14.0. The van der Waals surface area contributed by atoms with Crippen molar-refractivity contribution in [1.29, 1.82) is 0 Å². The van der Waals surface area contributed by atoms with Crippen LogP contribution in [-0.2, 0) is 4.74 Å². The fourth-order valence-corrected chi connectivity index (χ4v) is 3.08. The van der Waals surface area contributed by atoms with Crippen molar-refractivity contribution < 1.29 is 4.74 Å². The fourth-order valence-electron chi connectivity index (χ4n) is 3.08. The van der Waals surface area contributed by atoms with Crippen molar-refractivity contribution in [2.45, 2.75) is 13.0 Å². The Morgan fingerprint density at radius 2 is 2.15 bits per heavy atom. The molecular formula is C15H24N4O. The van der Waals surface area contributed by atoms with Crippen molar-refractivity contribution in [2.24, 2.45) is 11.1 Å². The molecule has 3 heterocycles. The zero-order valence-corrected chi connectivity index (χ0v) is 12.2. The van der Waals surface area contributed by atoms with Crippen LogP contribution in [0.1, 0.15) is 6.92 Å². The molecule has 1 aromatic rings. The monoisotopic (exact) mass is 276 g/mol. The summed E-state index contributed by atoms with van der Waals surface area (Å²) in [6.45, 7) is 8.96. The van der Waals surface area contributed by atoms with Crippen LogP contribution in [0.3, 0.4) is 0 Å². The lowest BCUT2D eigenvalue weighted by molar-refractivity contribution is 0.115. The third-order valence-corrected chi connectivity index (χ3v) is 4.55. The molecule has 0 saturated carbocycles. The van der Waals surface area contributed by atoms with Crippen molar-refractivity contribution in [3.8, 4) is 0 Å². The number of rotatable bonds is 3. The summed E-state index contributed by atoms with van der Waals surface area (Å²) in [5.74, 6) is 1.08. The van der Waals surface area contributed by atoms with Crippen LogP contribution in [0, 0.1) is 5.41 Å². The second-order valence-electron chi connectivity index (χ2n) is 6.23. The number of ether oxygens (including phenoxy) is 1. The molecule has 110 valence electrons. The second-order valence-corrected chi connectivity index (χ2v) is 6.23. The van der Waals surface area contributed by atoms with Crippen LogP contribution >= 0.6 is 0 Å². The van der Waals surface area contributed by atoms with Crippen LogP contribution in [-0.4, -0.2) is 61.9 Å². The van der Waals surface area contributed by atoms with E-state index in [4.69, 9.17) is 10.5 Å². The first-order valence-electron chi connectivity index (χ1n) is 7.39. The number of nitrogens with two attached hydrogens (primary N) is 1. The van der Waals surface area contributed by atoms with E-state index < -0.39 is 0 Å². The number of aromatic nitrogens is 1. The minimum atomic E-state index is 0.104. The third kappa shape index (κ3) is 2.80. The standard InChI is InChI=1S/C15H24N4O/c1-15(12-20-10-13(15)16)11-18-6-8-19(9-7-18)14-4-2-3-5-17-14/h2-5,13H,6-12,16H2,1H3. The van der Waals surface area contributed by atoms with Gasteiger partial charge in [-0.2, -0.15) is 0 Å². The largest absolute Gasteiger partial charge is 0.379 e. The van der Waals surface area contributed by atoms with Gasteiger partial charge in [0.1, 0.15) is 5.82 Å². The predicted octanol–water partition coefficient (Wildman–Crippen LogP) is 0.567. The first-order valence-corrected chi connectivity index (χ1v) is 7.39. The van der Waals surface area contributed by atoms with Gasteiger partial charge in [-0.1, -0.05) is 13.0 Å². The van der Waals surface area contributed by atoms with Gasteiger partial charge in [0.05, 0.1) is 13.2 Å². The van der Waals surface area contributed by atoms with Gasteiger partial charge in [-0.3, -0.25) is 4.90 Å². The van der Waals surface area contributed by atoms with Gasteiger partial charge in [-0.25, -0.2) is 4.98 Å². The smallest absolute Gasteiger partial charge is 0.128 e. The summed E-state index contributed by atoms with van der Waals surface area (Å²) in [7, 11) is 0. The highest BCUT2D eigenvalue weighted by Gasteiger charge is 2.39. The highest BCUT2D eigenvalue weighted by molar-refractivity contribution is 5.38. The molecule has 2 unspecified atom stereocenters. The van der Waals surface area contributed by atoms with E-state index in [2.05, 4.69) is 27.8 Å². The number of anilines is 1. The molecule has 0 amide bonds. The molecule has 0 aromatic carbocycles. The zero-order valence-electron chi connectivity index (χ0n) is 12.2. The van der Waals surface area contributed by atoms with Gasteiger partial charge in [0, 0.05) is 50.4 Å². The van der Waals surface area contributed by atoms with E-state index in [9.17, 15) is 0 Å². The summed E-state index contributed by atoms with van der Waals surface area (Å²) in [4.78, 5) is 9.28. The van der Waals surface area contributed by atoms with Crippen molar-refractivity contribution in [1.82, 2.24) is 9.88 Å². The van der Waals surface area contributed by atoms with Crippen molar-refractivity contribution in [2.75, 3.05) is 50.8 Å². The van der Waals surface area contributed by atoms with Crippen molar-refractivity contribution in [3.05, 3.63) is 24.4 Å². The average Bonchev–Trinajstić information content (AvgIpc) is 2.80. The number of piperazine rings is 1. The maximum Gasteiger partial charge on any atom is 0.128 e. The first kappa shape index (κ1) is 13.8. The summed E-state index contributed by atoms with van der Waals surface area (Å²) < 4.78 is 5.53. The maximum absolute atomic E-state index is 6.18. The van der Waals surface area contributed by atoms with Gasteiger partial charge in [0.2, 0.25) is 0 Å². The molecule has 5 heteroatoms. The molecule has 0 radical (unpaired) electrons. The third-order valence-electron chi connectivity index (χ3n) is 4.55. The molecule has 5 nitrogen and oxygen atoms in total. The minimum absolute atomic E-state index is 0.104. The summed E-state index contributed by atoms with van der Waals surface area (Å²) in [6, 6.07) is 6.25. The lowest BCUT2D eigenvalue weighted by Crippen LogP contribution is -2.53. The molecule has 0 spiro atoms. The number of nitrogens with zero attached hydrogens (tertiary/aromatic N) is 3. The highest BCUT2D eigenvalue weighted by Crippen LogP contribution is 2.28. The molecule has 0 bridgehead atoms. The highest BCUT2D eigenvalue weighted by atomic mass is 16.5. The summed E-state index contributed by atoms with van der Waals surface area (Å²) in [5.41, 5.74) is 6.28. The van der Waals surface area contributed by atoms with Crippen molar-refractivity contribution in [3.63, 3.8) is 0 Å². The number of hydrogen-bond acceptors (Lipinski definition) is 5. The fraction of sp³-hybridized carbons (Fsp3) is 0.667. The molecule has 2 saturated heterocycles. The quantitative estimate of drug-likeness (QED) is 0.874. The summed E-state index contributed by atoms with van der Waals surface area (Å²) in [5, 5.41) is 0. The van der Waals surface area contributed by atoms with Gasteiger partial charge >= 0.3 is 0 Å². The normalized spacial score (nSPS) is 31.7. The summed E-state index contributed by atoms with van der Waals surface area (Å²) in [6.07, 6.45) is 1.86. The van der Waals surface area contributed by atoms with Gasteiger partial charge in [-0.15, -0.1) is 0 Å². The van der Waals surface area contributed by atoms with Crippen LogP contribution in [0.4, 0.5) is 5.82 Å².